The molecule has 3 heteroatoms. The zero-order valence-corrected chi connectivity index (χ0v) is 11.7. The van der Waals surface area contributed by atoms with Gasteiger partial charge in [-0.3, -0.25) is 0 Å². The second kappa shape index (κ2) is 7.75. The molecule has 96 valence electrons. The molecule has 2 N–H and O–H groups in total. The maximum Gasteiger partial charge on any atom is 0.0547 e. The fraction of sp³-hybridized carbons (Fsp3) is 0.571. The monoisotopic (exact) mass is 253 g/mol. The number of nitrogens with one attached hydrogen (secondary N) is 1. The molecule has 0 fully saturated rings. The molecule has 3 unspecified atom stereocenters. The van der Waals surface area contributed by atoms with Gasteiger partial charge in [-0.2, -0.15) is 11.8 Å². The number of hydrogen-bond acceptors (Lipinski definition) is 3. The summed E-state index contributed by atoms with van der Waals surface area (Å²) in [5, 5.41) is 13.3. The molecule has 17 heavy (non-hydrogen) atoms. The molecule has 2 nitrogen and oxygen atoms in total. The normalized spacial score (nSPS) is 16.5. The molecule has 0 aliphatic rings. The third-order valence-electron chi connectivity index (χ3n) is 2.91. The third kappa shape index (κ3) is 4.34. The lowest BCUT2D eigenvalue weighted by molar-refractivity contribution is 0.299. The Morgan fingerprint density at radius 1 is 1.29 bits per heavy atom. The van der Waals surface area contributed by atoms with Crippen LogP contribution in [-0.2, 0) is 0 Å². The summed E-state index contributed by atoms with van der Waals surface area (Å²) in [5.41, 5.74) is 1.32. The molecule has 0 bridgehead atoms. The molecule has 1 rings (SSSR count). The minimum Gasteiger partial charge on any atom is -0.395 e. The zero-order chi connectivity index (χ0) is 12.7. The van der Waals surface area contributed by atoms with Crippen molar-refractivity contribution in [1.82, 2.24) is 5.32 Å². The SMILES string of the molecule is CCC(SC(C)CO)C(NC)c1ccccc1. The van der Waals surface area contributed by atoms with Crippen molar-refractivity contribution in [3.63, 3.8) is 0 Å². The van der Waals surface area contributed by atoms with Crippen LogP contribution in [0.3, 0.4) is 0 Å². The fourth-order valence-corrected chi connectivity index (χ4v) is 3.31. The molecule has 3 atom stereocenters. The van der Waals surface area contributed by atoms with Crippen molar-refractivity contribution in [3.8, 4) is 0 Å². The third-order valence-corrected chi connectivity index (χ3v) is 4.48. The van der Waals surface area contributed by atoms with Crippen molar-refractivity contribution in [1.29, 1.82) is 0 Å². The first-order valence-electron chi connectivity index (χ1n) is 6.21. The van der Waals surface area contributed by atoms with Crippen LogP contribution in [0.25, 0.3) is 0 Å². The highest BCUT2D eigenvalue weighted by Crippen LogP contribution is 2.31. The van der Waals surface area contributed by atoms with E-state index < -0.39 is 0 Å². The lowest BCUT2D eigenvalue weighted by Crippen LogP contribution is -2.28. The van der Waals surface area contributed by atoms with Gasteiger partial charge in [0.15, 0.2) is 0 Å². The first-order valence-corrected chi connectivity index (χ1v) is 7.15. The quantitative estimate of drug-likeness (QED) is 0.784. The summed E-state index contributed by atoms with van der Waals surface area (Å²) >= 11 is 1.86. The maximum absolute atomic E-state index is 9.16. The first-order chi connectivity index (χ1) is 8.22. The Morgan fingerprint density at radius 2 is 1.94 bits per heavy atom. The second-order valence-corrected chi connectivity index (χ2v) is 5.94. The van der Waals surface area contributed by atoms with E-state index in [1.165, 1.54) is 5.56 Å². The topological polar surface area (TPSA) is 32.3 Å². The Bertz CT molecular complexity index is 304. The van der Waals surface area contributed by atoms with Crippen molar-refractivity contribution >= 4 is 11.8 Å². The van der Waals surface area contributed by atoms with Crippen LogP contribution >= 0.6 is 11.8 Å². The molecule has 1 aromatic rings. The molecule has 0 spiro atoms. The van der Waals surface area contributed by atoms with Gasteiger partial charge in [0.25, 0.3) is 0 Å². The zero-order valence-electron chi connectivity index (χ0n) is 10.9. The van der Waals surface area contributed by atoms with Crippen molar-refractivity contribution in [2.45, 2.75) is 36.8 Å². The molecule has 0 saturated carbocycles. The van der Waals surface area contributed by atoms with Gasteiger partial charge in [-0.05, 0) is 19.0 Å². The number of aliphatic hydroxyl groups is 1. The van der Waals surface area contributed by atoms with Gasteiger partial charge in [-0.1, -0.05) is 44.2 Å². The highest BCUT2D eigenvalue weighted by atomic mass is 32.2. The summed E-state index contributed by atoms with van der Waals surface area (Å²) in [7, 11) is 2.00. The summed E-state index contributed by atoms with van der Waals surface area (Å²) in [4.78, 5) is 0. The van der Waals surface area contributed by atoms with E-state index in [0.717, 1.165) is 6.42 Å². The van der Waals surface area contributed by atoms with Crippen LogP contribution in [0.15, 0.2) is 30.3 Å². The Hall–Kier alpha value is -0.510. The predicted molar refractivity (Wildman–Crippen MR) is 76.5 cm³/mol. The average molecular weight is 253 g/mol. The standard InChI is InChI=1S/C14H23NOS/c1-4-13(17-11(2)10-16)14(15-3)12-8-6-5-7-9-12/h5-9,11,13-16H,4,10H2,1-3H3. The largest absolute Gasteiger partial charge is 0.395 e. The van der Waals surface area contributed by atoms with E-state index in [4.69, 9.17) is 5.11 Å². The number of hydrogen-bond donors (Lipinski definition) is 2. The van der Waals surface area contributed by atoms with E-state index in [0.29, 0.717) is 16.5 Å². The van der Waals surface area contributed by atoms with Crippen LogP contribution in [-0.4, -0.2) is 29.3 Å². The molecule has 0 saturated heterocycles. The number of rotatable bonds is 7. The van der Waals surface area contributed by atoms with Crippen molar-refractivity contribution in [3.05, 3.63) is 35.9 Å². The van der Waals surface area contributed by atoms with Gasteiger partial charge in [-0.15, -0.1) is 0 Å². The van der Waals surface area contributed by atoms with E-state index >= 15 is 0 Å². The molecule has 0 heterocycles. The summed E-state index contributed by atoms with van der Waals surface area (Å²) in [6, 6.07) is 10.9. The smallest absolute Gasteiger partial charge is 0.0547 e. The van der Waals surface area contributed by atoms with Gasteiger partial charge < -0.3 is 10.4 Å². The maximum atomic E-state index is 9.16. The Kier molecular flexibility index (Phi) is 6.63. The minimum absolute atomic E-state index is 0.242. The molecule has 1 aromatic carbocycles. The van der Waals surface area contributed by atoms with E-state index in [1.54, 1.807) is 0 Å². The second-order valence-electron chi connectivity index (χ2n) is 4.25. The van der Waals surface area contributed by atoms with Gasteiger partial charge in [0.05, 0.1) is 6.61 Å². The lowest BCUT2D eigenvalue weighted by Gasteiger charge is -2.27. The number of aliphatic hydroxyl groups excluding tert-OH is 1. The molecule has 0 aliphatic carbocycles. The van der Waals surface area contributed by atoms with Crippen LogP contribution in [0.1, 0.15) is 31.9 Å². The van der Waals surface area contributed by atoms with Gasteiger partial charge in [-0.25, -0.2) is 0 Å². The van der Waals surface area contributed by atoms with Gasteiger partial charge in [0.2, 0.25) is 0 Å². The summed E-state index contributed by atoms with van der Waals surface area (Å²) in [6.45, 7) is 4.52. The van der Waals surface area contributed by atoms with E-state index in [1.807, 2.05) is 24.9 Å². The highest BCUT2D eigenvalue weighted by molar-refractivity contribution is 8.00. The van der Waals surface area contributed by atoms with Crippen LogP contribution in [0, 0.1) is 0 Å². The number of benzene rings is 1. The Balaban J connectivity index is 2.76. The van der Waals surface area contributed by atoms with E-state index in [2.05, 4.69) is 43.4 Å². The number of thioether (sulfide) groups is 1. The predicted octanol–water partition coefficient (Wildman–Crippen LogP) is 2.84. The van der Waals surface area contributed by atoms with Crippen molar-refractivity contribution in [2.75, 3.05) is 13.7 Å². The van der Waals surface area contributed by atoms with E-state index in [-0.39, 0.29) is 6.61 Å². The molecule has 0 aliphatic heterocycles. The van der Waals surface area contributed by atoms with Crippen LogP contribution < -0.4 is 5.32 Å². The van der Waals surface area contributed by atoms with E-state index in [9.17, 15) is 0 Å². The Morgan fingerprint density at radius 3 is 2.41 bits per heavy atom. The first kappa shape index (κ1) is 14.6. The lowest BCUT2D eigenvalue weighted by atomic mass is 10.0. The van der Waals surface area contributed by atoms with Crippen molar-refractivity contribution in [2.24, 2.45) is 0 Å². The van der Waals surface area contributed by atoms with Crippen LogP contribution in [0.4, 0.5) is 0 Å². The molecular formula is C14H23NOS. The van der Waals surface area contributed by atoms with Crippen molar-refractivity contribution < 1.29 is 5.11 Å². The summed E-state index contributed by atoms with van der Waals surface area (Å²) < 4.78 is 0. The van der Waals surface area contributed by atoms with Gasteiger partial charge >= 0.3 is 0 Å². The molecular weight excluding hydrogens is 230 g/mol. The summed E-state index contributed by atoms with van der Waals surface area (Å²) in [6.07, 6.45) is 1.09. The molecule has 0 aromatic heterocycles. The Labute approximate surface area is 109 Å². The summed E-state index contributed by atoms with van der Waals surface area (Å²) in [5.74, 6) is 0. The van der Waals surface area contributed by atoms with Crippen LogP contribution in [0.2, 0.25) is 0 Å². The average Bonchev–Trinajstić information content (AvgIpc) is 2.39. The molecule has 0 amide bonds. The highest BCUT2D eigenvalue weighted by Gasteiger charge is 2.22. The van der Waals surface area contributed by atoms with Gasteiger partial charge in [0.1, 0.15) is 0 Å². The minimum atomic E-state index is 0.242. The fourth-order valence-electron chi connectivity index (χ4n) is 1.98. The molecule has 0 radical (unpaired) electrons. The van der Waals surface area contributed by atoms with Crippen LogP contribution in [0.5, 0.6) is 0 Å². The van der Waals surface area contributed by atoms with Gasteiger partial charge in [0, 0.05) is 16.5 Å².